The van der Waals surface area contributed by atoms with Gasteiger partial charge in [-0.15, -0.1) is 0 Å². The highest BCUT2D eigenvalue weighted by molar-refractivity contribution is 5.79. The van der Waals surface area contributed by atoms with E-state index < -0.39 is 6.17 Å². The van der Waals surface area contributed by atoms with Crippen molar-refractivity contribution in [3.8, 4) is 11.5 Å². The summed E-state index contributed by atoms with van der Waals surface area (Å²) in [6.45, 7) is 6.94. The molecular formula is C25H42N2O4. The standard InChI is InChI=1S/C25H42N2O4/c1-5-8-11-12-13-18-31-21-17-16-20(19-22(21)30-4)25(26-23(28)14-9-6-2)27-24(29)15-10-7-3/h16-17,19,25H,5-15,18H2,1-4H3,(H,26,28)(H,27,29). The first kappa shape index (κ1) is 26.8. The number of amides is 2. The summed E-state index contributed by atoms with van der Waals surface area (Å²) >= 11 is 0. The van der Waals surface area contributed by atoms with Gasteiger partial charge >= 0.3 is 0 Å². The Hall–Kier alpha value is -2.24. The lowest BCUT2D eigenvalue weighted by molar-refractivity contribution is -0.124. The molecule has 31 heavy (non-hydrogen) atoms. The molecule has 6 nitrogen and oxygen atoms in total. The topological polar surface area (TPSA) is 76.7 Å². The summed E-state index contributed by atoms with van der Waals surface area (Å²) in [6, 6.07) is 5.56. The van der Waals surface area contributed by atoms with Crippen molar-refractivity contribution >= 4 is 11.8 Å². The normalized spacial score (nSPS) is 10.7. The molecule has 0 aliphatic carbocycles. The molecule has 0 radical (unpaired) electrons. The van der Waals surface area contributed by atoms with Crippen molar-refractivity contribution < 1.29 is 19.1 Å². The summed E-state index contributed by atoms with van der Waals surface area (Å²) in [5.74, 6) is 1.12. The number of carbonyl (C=O) groups is 2. The van der Waals surface area contributed by atoms with Gasteiger partial charge in [0, 0.05) is 12.8 Å². The molecule has 0 atom stereocenters. The van der Waals surface area contributed by atoms with Gasteiger partial charge in [-0.3, -0.25) is 9.59 Å². The van der Waals surface area contributed by atoms with Crippen LogP contribution in [0.1, 0.15) is 103 Å². The molecule has 2 amide bonds. The Morgan fingerprint density at radius 1 is 0.806 bits per heavy atom. The van der Waals surface area contributed by atoms with Crippen molar-refractivity contribution in [2.45, 2.75) is 97.6 Å². The Morgan fingerprint density at radius 2 is 1.39 bits per heavy atom. The predicted octanol–water partition coefficient (Wildman–Crippen LogP) is 5.66. The zero-order chi connectivity index (χ0) is 22.9. The van der Waals surface area contributed by atoms with Gasteiger partial charge in [-0.25, -0.2) is 0 Å². The Bertz CT molecular complexity index is 626. The van der Waals surface area contributed by atoms with E-state index in [-0.39, 0.29) is 11.8 Å². The molecule has 0 aliphatic rings. The summed E-state index contributed by atoms with van der Waals surface area (Å²) in [5, 5.41) is 5.90. The van der Waals surface area contributed by atoms with E-state index >= 15 is 0 Å². The van der Waals surface area contributed by atoms with Crippen LogP contribution in [0, 0.1) is 0 Å². The number of carbonyl (C=O) groups excluding carboxylic acids is 2. The zero-order valence-electron chi connectivity index (χ0n) is 19.9. The minimum Gasteiger partial charge on any atom is -0.493 e. The maximum atomic E-state index is 12.3. The van der Waals surface area contributed by atoms with Gasteiger partial charge in [-0.1, -0.05) is 65.4 Å². The van der Waals surface area contributed by atoms with Gasteiger partial charge in [0.05, 0.1) is 13.7 Å². The molecule has 0 fully saturated rings. The first-order valence-electron chi connectivity index (χ1n) is 11.9. The van der Waals surface area contributed by atoms with Crippen molar-refractivity contribution in [3.63, 3.8) is 0 Å². The van der Waals surface area contributed by atoms with E-state index in [1.54, 1.807) is 7.11 Å². The van der Waals surface area contributed by atoms with Crippen LogP contribution in [0.15, 0.2) is 18.2 Å². The largest absolute Gasteiger partial charge is 0.493 e. The van der Waals surface area contributed by atoms with E-state index in [4.69, 9.17) is 9.47 Å². The number of methoxy groups -OCH3 is 1. The van der Waals surface area contributed by atoms with E-state index in [9.17, 15) is 9.59 Å². The number of hydrogen-bond donors (Lipinski definition) is 2. The third kappa shape index (κ3) is 11.1. The fraction of sp³-hybridized carbons (Fsp3) is 0.680. The van der Waals surface area contributed by atoms with E-state index in [0.29, 0.717) is 30.9 Å². The third-order valence-corrected chi connectivity index (χ3v) is 5.15. The molecule has 0 unspecified atom stereocenters. The number of ether oxygens (including phenoxy) is 2. The van der Waals surface area contributed by atoms with Crippen LogP contribution in [0.5, 0.6) is 11.5 Å². The van der Waals surface area contributed by atoms with Crippen LogP contribution < -0.4 is 20.1 Å². The molecule has 1 rings (SSSR count). The smallest absolute Gasteiger partial charge is 0.221 e. The molecular weight excluding hydrogens is 392 g/mol. The van der Waals surface area contributed by atoms with E-state index in [2.05, 4.69) is 17.6 Å². The molecule has 0 aromatic heterocycles. The molecule has 0 heterocycles. The molecule has 0 bridgehead atoms. The first-order valence-corrected chi connectivity index (χ1v) is 11.9. The van der Waals surface area contributed by atoms with E-state index in [1.165, 1.54) is 19.3 Å². The molecule has 1 aromatic rings. The number of benzene rings is 1. The van der Waals surface area contributed by atoms with Crippen molar-refractivity contribution in [1.82, 2.24) is 10.6 Å². The Labute approximate surface area is 188 Å². The molecule has 0 spiro atoms. The summed E-state index contributed by atoms with van der Waals surface area (Å²) in [6.07, 6.45) is 9.68. The maximum Gasteiger partial charge on any atom is 0.221 e. The number of unbranched alkanes of at least 4 members (excludes halogenated alkanes) is 6. The second-order valence-corrected chi connectivity index (χ2v) is 7.95. The van der Waals surface area contributed by atoms with Gasteiger partial charge in [0.15, 0.2) is 11.5 Å². The second kappa shape index (κ2) is 16.5. The van der Waals surface area contributed by atoms with Gasteiger partial charge in [0.1, 0.15) is 6.17 Å². The fourth-order valence-electron chi connectivity index (χ4n) is 3.21. The lowest BCUT2D eigenvalue weighted by Crippen LogP contribution is -2.41. The molecule has 0 aliphatic heterocycles. The monoisotopic (exact) mass is 434 g/mol. The molecule has 1 aromatic carbocycles. The first-order chi connectivity index (χ1) is 15.0. The highest BCUT2D eigenvalue weighted by atomic mass is 16.5. The highest BCUT2D eigenvalue weighted by Gasteiger charge is 2.19. The van der Waals surface area contributed by atoms with Crippen LogP contribution in [0.3, 0.4) is 0 Å². The summed E-state index contributed by atoms with van der Waals surface area (Å²) in [4.78, 5) is 24.7. The second-order valence-electron chi connectivity index (χ2n) is 7.95. The van der Waals surface area contributed by atoms with Gasteiger partial charge < -0.3 is 20.1 Å². The number of hydrogen-bond acceptors (Lipinski definition) is 4. The number of rotatable bonds is 17. The molecule has 2 N–H and O–H groups in total. The van der Waals surface area contributed by atoms with Crippen molar-refractivity contribution in [2.75, 3.05) is 13.7 Å². The van der Waals surface area contributed by atoms with Crippen molar-refractivity contribution in [3.05, 3.63) is 23.8 Å². The molecule has 0 saturated heterocycles. The van der Waals surface area contributed by atoms with Crippen LogP contribution in [0.4, 0.5) is 0 Å². The average Bonchev–Trinajstić information content (AvgIpc) is 2.78. The Morgan fingerprint density at radius 3 is 1.94 bits per heavy atom. The quantitative estimate of drug-likeness (QED) is 0.245. The summed E-state index contributed by atoms with van der Waals surface area (Å²) in [5.41, 5.74) is 0.766. The predicted molar refractivity (Wildman–Crippen MR) is 125 cm³/mol. The van der Waals surface area contributed by atoms with Crippen LogP contribution in [0.25, 0.3) is 0 Å². The van der Waals surface area contributed by atoms with Crippen LogP contribution in [-0.4, -0.2) is 25.5 Å². The van der Waals surface area contributed by atoms with Crippen molar-refractivity contribution in [1.29, 1.82) is 0 Å². The minimum absolute atomic E-state index is 0.0750. The third-order valence-electron chi connectivity index (χ3n) is 5.15. The molecule has 176 valence electrons. The van der Waals surface area contributed by atoms with E-state index in [1.807, 2.05) is 32.0 Å². The number of nitrogens with one attached hydrogen (secondary N) is 2. The van der Waals surface area contributed by atoms with Gasteiger partial charge in [-0.2, -0.15) is 0 Å². The molecule has 0 saturated carbocycles. The van der Waals surface area contributed by atoms with E-state index in [0.717, 1.165) is 44.1 Å². The van der Waals surface area contributed by atoms with Crippen LogP contribution in [0.2, 0.25) is 0 Å². The van der Waals surface area contributed by atoms with Gasteiger partial charge in [0.2, 0.25) is 11.8 Å². The fourth-order valence-corrected chi connectivity index (χ4v) is 3.21. The van der Waals surface area contributed by atoms with Crippen LogP contribution in [-0.2, 0) is 9.59 Å². The maximum absolute atomic E-state index is 12.3. The van der Waals surface area contributed by atoms with Crippen LogP contribution >= 0.6 is 0 Å². The lowest BCUT2D eigenvalue weighted by Gasteiger charge is -2.22. The lowest BCUT2D eigenvalue weighted by atomic mass is 10.1. The summed E-state index contributed by atoms with van der Waals surface area (Å²) < 4.78 is 11.4. The molecule has 6 heteroatoms. The summed E-state index contributed by atoms with van der Waals surface area (Å²) in [7, 11) is 1.60. The Kier molecular flexibility index (Phi) is 14.2. The Balaban J connectivity index is 2.84. The minimum atomic E-state index is -0.592. The zero-order valence-corrected chi connectivity index (χ0v) is 19.9. The SMILES string of the molecule is CCCCCCCOc1ccc(C(NC(=O)CCCC)NC(=O)CCCC)cc1OC. The van der Waals surface area contributed by atoms with Gasteiger partial charge in [0.25, 0.3) is 0 Å². The van der Waals surface area contributed by atoms with Crippen molar-refractivity contribution in [2.24, 2.45) is 0 Å². The van der Waals surface area contributed by atoms with Gasteiger partial charge in [-0.05, 0) is 37.0 Å². The highest BCUT2D eigenvalue weighted by Crippen LogP contribution is 2.30. The average molecular weight is 435 g/mol.